The Hall–Kier alpha value is -3.53. The van der Waals surface area contributed by atoms with Crippen molar-refractivity contribution in [1.29, 1.82) is 0 Å². The number of hydrogen-bond acceptors (Lipinski definition) is 5. The zero-order valence-electron chi connectivity index (χ0n) is 15.7. The summed E-state index contributed by atoms with van der Waals surface area (Å²) in [6, 6.07) is 13.3. The highest BCUT2D eigenvalue weighted by Gasteiger charge is 2.31. The molecule has 30 heavy (non-hydrogen) atoms. The summed E-state index contributed by atoms with van der Waals surface area (Å²) >= 11 is 0. The summed E-state index contributed by atoms with van der Waals surface area (Å²) in [7, 11) is -4.03. The number of benzene rings is 2. The van der Waals surface area contributed by atoms with Gasteiger partial charge in [-0.25, -0.2) is 27.5 Å². The normalized spacial score (nSPS) is 15.8. The summed E-state index contributed by atoms with van der Waals surface area (Å²) in [5.74, 6) is -1.47. The number of aliphatic imine (C=N–C) groups is 1. The Kier molecular flexibility index (Phi) is 5.08. The largest absolute Gasteiger partial charge is 0.452 e. The molecule has 2 heterocycles. The van der Waals surface area contributed by atoms with Gasteiger partial charge in [0.15, 0.2) is 11.6 Å². The molecule has 10 heteroatoms. The van der Waals surface area contributed by atoms with E-state index in [1.54, 1.807) is 37.3 Å². The monoisotopic (exact) mass is 430 g/mol. The van der Waals surface area contributed by atoms with E-state index < -0.39 is 21.8 Å². The number of anilines is 1. The Balaban J connectivity index is 1.72. The molecule has 0 fully saturated rings. The van der Waals surface area contributed by atoms with E-state index in [1.165, 1.54) is 12.1 Å². The molecule has 0 saturated heterocycles. The molecule has 1 aliphatic rings. The Morgan fingerprint density at radius 2 is 1.87 bits per heavy atom. The molecule has 2 aromatic carbocycles. The van der Waals surface area contributed by atoms with Crippen LogP contribution >= 0.6 is 0 Å². The first-order valence-electron chi connectivity index (χ1n) is 8.85. The van der Waals surface area contributed by atoms with Crippen molar-refractivity contribution in [1.82, 2.24) is 9.71 Å². The van der Waals surface area contributed by atoms with E-state index in [4.69, 9.17) is 4.74 Å². The molecule has 0 spiro atoms. The van der Waals surface area contributed by atoms with Gasteiger partial charge in [-0.15, -0.1) is 0 Å². The second kappa shape index (κ2) is 7.71. The molecule has 154 valence electrons. The predicted molar refractivity (Wildman–Crippen MR) is 107 cm³/mol. The second-order valence-electron chi connectivity index (χ2n) is 6.46. The molecule has 0 radical (unpaired) electrons. The lowest BCUT2D eigenvalue weighted by Crippen LogP contribution is -2.41. The molecule has 1 aliphatic heterocycles. The molecule has 0 bridgehead atoms. The van der Waals surface area contributed by atoms with Gasteiger partial charge in [-0.2, -0.15) is 4.39 Å². The van der Waals surface area contributed by atoms with Crippen molar-refractivity contribution >= 4 is 21.7 Å². The number of sulfonamides is 1. The van der Waals surface area contributed by atoms with Crippen LogP contribution in [0.5, 0.6) is 11.5 Å². The number of para-hydroxylation sites is 1. The fourth-order valence-electron chi connectivity index (χ4n) is 2.86. The maximum atomic E-state index is 14.6. The number of rotatable bonds is 4. The third-order valence-electron chi connectivity index (χ3n) is 4.31. The average molecular weight is 430 g/mol. The van der Waals surface area contributed by atoms with Gasteiger partial charge in [0.2, 0.25) is 11.9 Å². The van der Waals surface area contributed by atoms with Crippen LogP contribution in [0.2, 0.25) is 0 Å². The smallest absolute Gasteiger partial charge is 0.266 e. The lowest BCUT2D eigenvalue weighted by Gasteiger charge is -2.24. The van der Waals surface area contributed by atoms with Crippen LogP contribution in [0.1, 0.15) is 11.3 Å². The fourth-order valence-corrected chi connectivity index (χ4v) is 4.00. The first kappa shape index (κ1) is 19.8. The van der Waals surface area contributed by atoms with Crippen molar-refractivity contribution < 1.29 is 21.9 Å². The minimum atomic E-state index is -4.03. The van der Waals surface area contributed by atoms with Gasteiger partial charge < -0.3 is 10.1 Å². The summed E-state index contributed by atoms with van der Waals surface area (Å²) in [6.07, 6.45) is 0. The number of fused-ring (bicyclic) bond motifs is 1. The van der Waals surface area contributed by atoms with E-state index in [-0.39, 0.29) is 28.8 Å². The van der Waals surface area contributed by atoms with Gasteiger partial charge in [0.1, 0.15) is 16.3 Å². The van der Waals surface area contributed by atoms with Gasteiger partial charge in [-0.1, -0.05) is 24.3 Å². The van der Waals surface area contributed by atoms with Gasteiger partial charge in [0.25, 0.3) is 10.0 Å². The second-order valence-corrected chi connectivity index (χ2v) is 8.12. The van der Waals surface area contributed by atoms with E-state index in [0.29, 0.717) is 11.4 Å². The predicted octanol–water partition coefficient (Wildman–Crippen LogP) is 3.72. The van der Waals surface area contributed by atoms with Crippen LogP contribution in [0.25, 0.3) is 0 Å². The molecule has 2 N–H and O–H groups in total. The molecule has 7 nitrogen and oxygen atoms in total. The van der Waals surface area contributed by atoms with Crippen molar-refractivity contribution in [2.24, 2.45) is 4.99 Å². The first-order valence-corrected chi connectivity index (χ1v) is 10.3. The molecular formula is C20H16F2N4O3S. The molecule has 0 unspecified atom stereocenters. The number of aryl methyl sites for hydroxylation is 1. The molecule has 4 rings (SSSR count). The number of guanidine groups is 1. The van der Waals surface area contributed by atoms with Crippen LogP contribution in [0.15, 0.2) is 64.5 Å². The number of pyridine rings is 1. The summed E-state index contributed by atoms with van der Waals surface area (Å²) in [5.41, 5.74) is 0.963. The van der Waals surface area contributed by atoms with Crippen LogP contribution in [-0.4, -0.2) is 19.4 Å². The van der Waals surface area contributed by atoms with Gasteiger partial charge >= 0.3 is 0 Å². The molecule has 3 aromatic rings. The highest BCUT2D eigenvalue weighted by molar-refractivity contribution is 7.90. The molecule has 0 aliphatic carbocycles. The summed E-state index contributed by atoms with van der Waals surface area (Å²) < 4.78 is 61.1. The van der Waals surface area contributed by atoms with Crippen LogP contribution in [0.4, 0.5) is 14.5 Å². The van der Waals surface area contributed by atoms with E-state index in [9.17, 15) is 17.2 Å². The van der Waals surface area contributed by atoms with Gasteiger partial charge in [-0.05, 0) is 42.8 Å². The average Bonchev–Trinajstić information content (AvgIpc) is 2.69. The number of ether oxygens (including phenoxy) is 1. The SMILES string of the molecule is Cc1ccccc1Oc1c(F)ccc2c1NC(=NCc1cccc(F)n1)NS2(=O)=O. The van der Waals surface area contributed by atoms with Gasteiger partial charge in [0, 0.05) is 0 Å². The Morgan fingerprint density at radius 3 is 2.63 bits per heavy atom. The topological polar surface area (TPSA) is 92.7 Å². The van der Waals surface area contributed by atoms with Crippen molar-refractivity contribution in [3.05, 3.63) is 77.6 Å². The molecular weight excluding hydrogens is 414 g/mol. The third kappa shape index (κ3) is 3.94. The number of aromatic nitrogens is 1. The highest BCUT2D eigenvalue weighted by atomic mass is 32.2. The quantitative estimate of drug-likeness (QED) is 0.616. The summed E-state index contributed by atoms with van der Waals surface area (Å²) in [5, 5.41) is 2.76. The standard InChI is InChI=1S/C20H16F2N4O3S/c1-12-5-2-3-7-15(12)29-19-14(21)9-10-16-18(19)25-20(26-30(16,27)28)23-11-13-6-4-8-17(22)24-13/h2-10H,11H2,1H3,(H2,23,25,26). The number of nitrogens with zero attached hydrogens (tertiary/aromatic N) is 2. The van der Waals surface area contributed by atoms with Crippen LogP contribution < -0.4 is 14.8 Å². The van der Waals surface area contributed by atoms with E-state index >= 15 is 0 Å². The number of halogens is 2. The molecule has 0 amide bonds. The van der Waals surface area contributed by atoms with E-state index in [1.807, 2.05) is 0 Å². The molecule has 0 atom stereocenters. The Morgan fingerprint density at radius 1 is 1.07 bits per heavy atom. The minimum Gasteiger partial charge on any atom is -0.452 e. The van der Waals surface area contributed by atoms with Crippen molar-refractivity contribution in [2.75, 3.05) is 5.32 Å². The van der Waals surface area contributed by atoms with Gasteiger partial charge in [0.05, 0.1) is 12.2 Å². The van der Waals surface area contributed by atoms with E-state index in [2.05, 4.69) is 20.0 Å². The fraction of sp³-hybridized carbons (Fsp3) is 0.100. The van der Waals surface area contributed by atoms with Crippen LogP contribution in [0, 0.1) is 18.7 Å². The van der Waals surface area contributed by atoms with E-state index in [0.717, 1.165) is 17.7 Å². The van der Waals surface area contributed by atoms with Crippen molar-refractivity contribution in [3.63, 3.8) is 0 Å². The highest BCUT2D eigenvalue weighted by Crippen LogP contribution is 2.39. The number of nitrogens with one attached hydrogen (secondary N) is 2. The minimum absolute atomic E-state index is 0.0806. The lowest BCUT2D eigenvalue weighted by molar-refractivity contribution is 0.440. The Labute approximate surface area is 171 Å². The Bertz CT molecular complexity index is 1260. The maximum Gasteiger partial charge on any atom is 0.266 e. The lowest BCUT2D eigenvalue weighted by atomic mass is 10.2. The molecule has 1 aromatic heterocycles. The maximum absolute atomic E-state index is 14.6. The van der Waals surface area contributed by atoms with Gasteiger partial charge in [-0.3, -0.25) is 0 Å². The summed E-state index contributed by atoms with van der Waals surface area (Å²) in [4.78, 5) is 7.58. The first-order chi connectivity index (χ1) is 14.3. The van der Waals surface area contributed by atoms with Crippen LogP contribution in [-0.2, 0) is 16.6 Å². The summed E-state index contributed by atoms with van der Waals surface area (Å²) in [6.45, 7) is 1.69. The third-order valence-corrected chi connectivity index (χ3v) is 5.69. The number of hydrogen-bond donors (Lipinski definition) is 2. The van der Waals surface area contributed by atoms with Crippen molar-refractivity contribution in [2.45, 2.75) is 18.4 Å². The zero-order chi connectivity index (χ0) is 21.3. The van der Waals surface area contributed by atoms with Crippen molar-refractivity contribution in [3.8, 4) is 11.5 Å². The van der Waals surface area contributed by atoms with Crippen LogP contribution in [0.3, 0.4) is 0 Å². The zero-order valence-corrected chi connectivity index (χ0v) is 16.5. The molecule has 0 saturated carbocycles.